The van der Waals surface area contributed by atoms with Crippen molar-refractivity contribution in [3.63, 3.8) is 0 Å². The van der Waals surface area contributed by atoms with E-state index in [1.165, 1.54) is 12.0 Å². The van der Waals surface area contributed by atoms with Crippen LogP contribution in [0.2, 0.25) is 5.02 Å². The Morgan fingerprint density at radius 1 is 1.32 bits per heavy atom. The molecule has 2 unspecified atom stereocenters. The minimum absolute atomic E-state index is 0.624. The number of halogens is 1. The molecule has 0 spiro atoms. The number of rotatable bonds is 4. The van der Waals surface area contributed by atoms with Crippen molar-refractivity contribution in [1.82, 2.24) is 10.2 Å². The van der Waals surface area contributed by atoms with Gasteiger partial charge in [0.05, 0.1) is 0 Å². The lowest BCUT2D eigenvalue weighted by Gasteiger charge is -2.42. The molecule has 0 saturated carbocycles. The van der Waals surface area contributed by atoms with Gasteiger partial charge in [-0.25, -0.2) is 0 Å². The maximum absolute atomic E-state index is 5.96. The normalized spacial score (nSPS) is 24.9. The number of hydrogen-bond donors (Lipinski definition) is 1. The van der Waals surface area contributed by atoms with Gasteiger partial charge in [0.2, 0.25) is 0 Å². The molecule has 2 nitrogen and oxygen atoms in total. The molecule has 1 fully saturated rings. The molecule has 19 heavy (non-hydrogen) atoms. The van der Waals surface area contributed by atoms with Crippen LogP contribution >= 0.6 is 11.6 Å². The average molecular weight is 281 g/mol. The molecule has 1 N–H and O–H groups in total. The van der Waals surface area contributed by atoms with E-state index in [4.69, 9.17) is 11.6 Å². The summed E-state index contributed by atoms with van der Waals surface area (Å²) in [6, 6.07) is 9.51. The third kappa shape index (κ3) is 3.95. The number of piperazine rings is 1. The van der Waals surface area contributed by atoms with Gasteiger partial charge in [-0.2, -0.15) is 0 Å². The largest absolute Gasteiger partial charge is 0.311 e. The molecule has 2 atom stereocenters. The van der Waals surface area contributed by atoms with Crippen LogP contribution in [0.5, 0.6) is 0 Å². The minimum Gasteiger partial charge on any atom is -0.311 e. The highest BCUT2D eigenvalue weighted by atomic mass is 35.5. The zero-order valence-electron chi connectivity index (χ0n) is 12.2. The third-order valence-electron chi connectivity index (χ3n) is 4.10. The van der Waals surface area contributed by atoms with Crippen LogP contribution in [-0.4, -0.2) is 30.1 Å². The van der Waals surface area contributed by atoms with Crippen LogP contribution in [-0.2, 0) is 6.54 Å². The van der Waals surface area contributed by atoms with Gasteiger partial charge in [0.25, 0.3) is 0 Å². The Kier molecular flexibility index (Phi) is 5.26. The van der Waals surface area contributed by atoms with E-state index >= 15 is 0 Å². The van der Waals surface area contributed by atoms with E-state index in [2.05, 4.69) is 43.1 Å². The van der Waals surface area contributed by atoms with Crippen LogP contribution in [0.4, 0.5) is 0 Å². The predicted octanol–water partition coefficient (Wildman–Crippen LogP) is 3.55. The first-order valence-corrected chi connectivity index (χ1v) is 7.69. The maximum atomic E-state index is 5.96. The van der Waals surface area contributed by atoms with Gasteiger partial charge in [-0.3, -0.25) is 4.90 Å². The fourth-order valence-corrected chi connectivity index (χ4v) is 2.96. The quantitative estimate of drug-likeness (QED) is 0.907. The zero-order chi connectivity index (χ0) is 13.8. The Hall–Kier alpha value is -0.570. The number of nitrogens with zero attached hydrogens (tertiary/aromatic N) is 1. The van der Waals surface area contributed by atoms with Crippen molar-refractivity contribution in [2.75, 3.05) is 13.1 Å². The fourth-order valence-electron chi connectivity index (χ4n) is 2.84. The third-order valence-corrected chi connectivity index (χ3v) is 4.35. The molecule has 2 rings (SSSR count). The van der Waals surface area contributed by atoms with Crippen molar-refractivity contribution >= 4 is 11.6 Å². The van der Waals surface area contributed by atoms with Gasteiger partial charge >= 0.3 is 0 Å². The molecule has 1 aromatic carbocycles. The lowest BCUT2D eigenvalue weighted by Crippen LogP contribution is -2.57. The molecule has 0 bridgehead atoms. The highest BCUT2D eigenvalue weighted by molar-refractivity contribution is 6.30. The second-order valence-electron chi connectivity index (χ2n) is 5.88. The molecule has 106 valence electrons. The SMILES string of the molecule is CCC1CN(Cc2ccc(Cl)cc2)C(C(C)C)CN1. The standard InChI is InChI=1S/C16H25ClN2/c1-4-15-11-19(16(9-18-15)12(2)3)10-13-5-7-14(17)8-6-13/h5-8,12,15-16,18H,4,9-11H2,1-3H3. The van der Waals surface area contributed by atoms with Gasteiger partial charge in [-0.15, -0.1) is 0 Å². The summed E-state index contributed by atoms with van der Waals surface area (Å²) >= 11 is 5.96. The van der Waals surface area contributed by atoms with Crippen LogP contribution < -0.4 is 5.32 Å². The summed E-state index contributed by atoms with van der Waals surface area (Å²) in [5.41, 5.74) is 1.35. The summed E-state index contributed by atoms with van der Waals surface area (Å²) in [5, 5.41) is 4.48. The summed E-state index contributed by atoms with van der Waals surface area (Å²) in [6.45, 7) is 10.2. The second kappa shape index (κ2) is 6.74. The number of benzene rings is 1. The zero-order valence-corrected chi connectivity index (χ0v) is 13.0. The minimum atomic E-state index is 0.624. The Morgan fingerprint density at radius 3 is 2.58 bits per heavy atom. The smallest absolute Gasteiger partial charge is 0.0406 e. The topological polar surface area (TPSA) is 15.3 Å². The highest BCUT2D eigenvalue weighted by Crippen LogP contribution is 2.20. The first-order valence-electron chi connectivity index (χ1n) is 7.32. The lowest BCUT2D eigenvalue weighted by molar-refractivity contribution is 0.0900. The monoisotopic (exact) mass is 280 g/mol. The molecule has 0 amide bonds. The number of hydrogen-bond acceptors (Lipinski definition) is 2. The van der Waals surface area contributed by atoms with Crippen LogP contribution in [0.3, 0.4) is 0 Å². The van der Waals surface area contributed by atoms with Gasteiger partial charge in [0.1, 0.15) is 0 Å². The Morgan fingerprint density at radius 2 is 2.00 bits per heavy atom. The summed E-state index contributed by atoms with van der Waals surface area (Å²) in [7, 11) is 0. The fraction of sp³-hybridized carbons (Fsp3) is 0.625. The van der Waals surface area contributed by atoms with E-state index in [1.54, 1.807) is 0 Å². The summed E-state index contributed by atoms with van der Waals surface area (Å²) < 4.78 is 0. The van der Waals surface area contributed by atoms with E-state index in [9.17, 15) is 0 Å². The van der Waals surface area contributed by atoms with E-state index in [0.29, 0.717) is 18.0 Å². The van der Waals surface area contributed by atoms with Crippen LogP contribution in [0.1, 0.15) is 32.8 Å². The molecule has 1 aromatic rings. The molecular formula is C16H25ClN2. The van der Waals surface area contributed by atoms with E-state index < -0.39 is 0 Å². The van der Waals surface area contributed by atoms with Crippen molar-refractivity contribution in [3.8, 4) is 0 Å². The summed E-state index contributed by atoms with van der Waals surface area (Å²) in [5.74, 6) is 0.678. The van der Waals surface area contributed by atoms with Crippen molar-refractivity contribution in [2.24, 2.45) is 5.92 Å². The number of nitrogens with one attached hydrogen (secondary N) is 1. The Bertz CT molecular complexity index is 388. The van der Waals surface area contributed by atoms with Crippen LogP contribution in [0.25, 0.3) is 0 Å². The van der Waals surface area contributed by atoms with Gasteiger partial charge in [0.15, 0.2) is 0 Å². The average Bonchev–Trinajstić information content (AvgIpc) is 2.41. The Labute approximate surface area is 122 Å². The van der Waals surface area contributed by atoms with Crippen LogP contribution in [0, 0.1) is 5.92 Å². The molecule has 3 heteroatoms. The summed E-state index contributed by atoms with van der Waals surface area (Å²) in [6.07, 6.45) is 1.20. The highest BCUT2D eigenvalue weighted by Gasteiger charge is 2.28. The van der Waals surface area contributed by atoms with Gasteiger partial charge in [-0.05, 0) is 30.0 Å². The molecule has 0 aromatic heterocycles. The van der Waals surface area contributed by atoms with Crippen molar-refractivity contribution < 1.29 is 0 Å². The van der Waals surface area contributed by atoms with Gasteiger partial charge in [0, 0.05) is 36.7 Å². The maximum Gasteiger partial charge on any atom is 0.0406 e. The van der Waals surface area contributed by atoms with Gasteiger partial charge in [-0.1, -0.05) is 44.5 Å². The van der Waals surface area contributed by atoms with E-state index in [-0.39, 0.29) is 0 Å². The van der Waals surface area contributed by atoms with Crippen LogP contribution in [0.15, 0.2) is 24.3 Å². The molecule has 1 aliphatic heterocycles. The molecule has 1 heterocycles. The van der Waals surface area contributed by atoms with Crippen molar-refractivity contribution in [3.05, 3.63) is 34.9 Å². The molecule has 1 saturated heterocycles. The molecule has 1 aliphatic rings. The van der Waals surface area contributed by atoms with E-state index in [0.717, 1.165) is 24.7 Å². The Balaban J connectivity index is 2.06. The predicted molar refractivity (Wildman–Crippen MR) is 82.6 cm³/mol. The first kappa shape index (κ1) is 14.8. The second-order valence-corrected chi connectivity index (χ2v) is 6.32. The van der Waals surface area contributed by atoms with Gasteiger partial charge < -0.3 is 5.32 Å². The molecular weight excluding hydrogens is 256 g/mol. The summed E-state index contributed by atoms with van der Waals surface area (Å²) in [4.78, 5) is 2.62. The molecule has 0 aliphatic carbocycles. The van der Waals surface area contributed by atoms with E-state index in [1.807, 2.05) is 12.1 Å². The first-order chi connectivity index (χ1) is 9.10. The lowest BCUT2D eigenvalue weighted by atomic mass is 9.97. The van der Waals surface area contributed by atoms with Crippen molar-refractivity contribution in [2.45, 2.75) is 45.8 Å². The van der Waals surface area contributed by atoms with Crippen molar-refractivity contribution in [1.29, 1.82) is 0 Å². The molecule has 0 radical (unpaired) electrons.